The zero-order chi connectivity index (χ0) is 14.7. The van der Waals surface area contributed by atoms with Gasteiger partial charge in [0.15, 0.2) is 11.5 Å². The number of nitrogens with zero attached hydrogens (tertiary/aromatic N) is 1. The van der Waals surface area contributed by atoms with Crippen LogP contribution in [0, 0.1) is 10.1 Å². The molecule has 0 spiro atoms. The highest BCUT2D eigenvalue weighted by Gasteiger charge is 2.32. The maximum atomic E-state index is 11.4. The van der Waals surface area contributed by atoms with Crippen LogP contribution in [0.5, 0.6) is 0 Å². The number of hydrogen-bond donors (Lipinski definition) is 2. The van der Waals surface area contributed by atoms with E-state index in [9.17, 15) is 25.1 Å². The van der Waals surface area contributed by atoms with Crippen molar-refractivity contribution < 1.29 is 19.9 Å². The lowest BCUT2D eigenvalue weighted by molar-refractivity contribution is -0.385. The quantitative estimate of drug-likeness (QED) is 0.635. The molecule has 0 aromatic heterocycles. The van der Waals surface area contributed by atoms with E-state index >= 15 is 0 Å². The first kappa shape index (κ1) is 14.2. The average molecular weight is 277 g/mol. The average Bonchev–Trinajstić information content (AvgIpc) is 2.76. The predicted octanol–water partition coefficient (Wildman–Crippen LogP) is 2.24. The Hall–Kier alpha value is -2.21. The highest BCUT2D eigenvalue weighted by Crippen LogP contribution is 2.39. The van der Waals surface area contributed by atoms with Gasteiger partial charge in [0.05, 0.1) is 4.92 Å². The molecular weight excluding hydrogens is 262 g/mol. The van der Waals surface area contributed by atoms with E-state index in [0.717, 1.165) is 0 Å². The number of aliphatic hydroxyl groups is 2. The van der Waals surface area contributed by atoms with Crippen LogP contribution in [0.1, 0.15) is 30.7 Å². The molecule has 0 radical (unpaired) electrons. The van der Waals surface area contributed by atoms with Crippen molar-refractivity contribution in [3.8, 4) is 0 Å². The fraction of sp³-hybridized carbons (Fsp3) is 0.357. The zero-order valence-corrected chi connectivity index (χ0v) is 10.8. The molecule has 1 aromatic carbocycles. The van der Waals surface area contributed by atoms with Crippen molar-refractivity contribution in [2.75, 3.05) is 6.61 Å². The maximum Gasteiger partial charge on any atom is 0.273 e. The van der Waals surface area contributed by atoms with E-state index in [0.29, 0.717) is 17.6 Å². The first-order valence-electron chi connectivity index (χ1n) is 6.35. The molecule has 1 aromatic rings. The number of para-hydroxylation sites is 1. The van der Waals surface area contributed by atoms with Crippen LogP contribution >= 0.6 is 0 Å². The molecule has 2 rings (SSSR count). The molecular formula is C14H15NO5. The van der Waals surface area contributed by atoms with Gasteiger partial charge in [-0.1, -0.05) is 18.2 Å². The van der Waals surface area contributed by atoms with Gasteiger partial charge in [-0.05, 0) is 18.4 Å². The first-order chi connectivity index (χ1) is 9.56. The number of hydrogen-bond acceptors (Lipinski definition) is 5. The van der Waals surface area contributed by atoms with E-state index in [1.54, 1.807) is 18.2 Å². The summed E-state index contributed by atoms with van der Waals surface area (Å²) in [5.41, 5.74) is 0.840. The van der Waals surface area contributed by atoms with E-state index in [-0.39, 0.29) is 36.7 Å². The van der Waals surface area contributed by atoms with Gasteiger partial charge in [0.2, 0.25) is 0 Å². The van der Waals surface area contributed by atoms with Crippen molar-refractivity contribution in [1.82, 2.24) is 0 Å². The van der Waals surface area contributed by atoms with Crippen LogP contribution in [0.15, 0.2) is 35.6 Å². The predicted molar refractivity (Wildman–Crippen MR) is 71.4 cm³/mol. The van der Waals surface area contributed by atoms with Crippen molar-refractivity contribution in [3.05, 3.63) is 51.3 Å². The number of aliphatic hydroxyl groups excluding tert-OH is 2. The SMILES string of the molecule is O=C1CCC([C@@H](CCO)c2ccccc2[N+](=O)[O-])=C1O. The van der Waals surface area contributed by atoms with Gasteiger partial charge in [0, 0.05) is 30.6 Å². The number of allylic oxidation sites excluding steroid dienone is 2. The number of nitro groups is 1. The minimum Gasteiger partial charge on any atom is -0.504 e. The molecule has 6 nitrogen and oxygen atoms in total. The molecule has 0 unspecified atom stereocenters. The number of Topliss-reactive ketones (excluding diaryl/α,β-unsaturated/α-hetero) is 1. The molecule has 0 saturated heterocycles. The number of carbonyl (C=O) groups is 1. The number of nitro benzene ring substituents is 1. The Morgan fingerprint density at radius 2 is 2.00 bits per heavy atom. The Labute approximate surface area is 115 Å². The van der Waals surface area contributed by atoms with Crippen LogP contribution in [-0.4, -0.2) is 27.5 Å². The Morgan fingerprint density at radius 3 is 2.55 bits per heavy atom. The lowest BCUT2D eigenvalue weighted by Crippen LogP contribution is -2.09. The van der Waals surface area contributed by atoms with E-state index in [2.05, 4.69) is 0 Å². The standard InChI is InChI=1S/C14H15NO5/c16-8-7-9(11-5-6-13(17)14(11)18)10-3-1-2-4-12(10)15(19)20/h1-4,9,16,18H,5-8H2/t9-/m0/s1. The lowest BCUT2D eigenvalue weighted by Gasteiger charge is -2.17. The third-order valence-electron chi connectivity index (χ3n) is 3.54. The Morgan fingerprint density at radius 1 is 1.30 bits per heavy atom. The second-order valence-corrected chi connectivity index (χ2v) is 4.68. The van der Waals surface area contributed by atoms with Crippen LogP contribution in [0.4, 0.5) is 5.69 Å². The molecule has 0 fully saturated rings. The summed E-state index contributed by atoms with van der Waals surface area (Å²) in [5.74, 6) is -1.16. The number of ketones is 1. The van der Waals surface area contributed by atoms with Crippen LogP contribution < -0.4 is 0 Å². The van der Waals surface area contributed by atoms with Crippen molar-refractivity contribution in [2.45, 2.75) is 25.2 Å². The molecule has 2 N–H and O–H groups in total. The highest BCUT2D eigenvalue weighted by atomic mass is 16.6. The van der Waals surface area contributed by atoms with E-state index in [4.69, 9.17) is 0 Å². The van der Waals surface area contributed by atoms with E-state index < -0.39 is 10.8 Å². The van der Waals surface area contributed by atoms with Gasteiger partial charge in [-0.25, -0.2) is 0 Å². The fourth-order valence-electron chi connectivity index (χ4n) is 2.60. The molecule has 0 amide bonds. The van der Waals surface area contributed by atoms with Gasteiger partial charge in [-0.2, -0.15) is 0 Å². The molecule has 106 valence electrons. The zero-order valence-electron chi connectivity index (χ0n) is 10.8. The molecule has 1 atom stereocenters. The van der Waals surface area contributed by atoms with Gasteiger partial charge in [-0.15, -0.1) is 0 Å². The van der Waals surface area contributed by atoms with E-state index in [1.807, 2.05) is 0 Å². The third-order valence-corrected chi connectivity index (χ3v) is 3.54. The van der Waals surface area contributed by atoms with Crippen molar-refractivity contribution in [3.63, 3.8) is 0 Å². The number of rotatable bonds is 5. The van der Waals surface area contributed by atoms with Crippen LogP contribution in [0.2, 0.25) is 0 Å². The molecule has 0 saturated carbocycles. The Bertz CT molecular complexity index is 579. The molecule has 20 heavy (non-hydrogen) atoms. The van der Waals surface area contributed by atoms with Crippen molar-refractivity contribution >= 4 is 11.5 Å². The minimum atomic E-state index is -0.506. The van der Waals surface area contributed by atoms with Crippen LogP contribution in [-0.2, 0) is 4.79 Å². The minimum absolute atomic E-state index is 0.0643. The van der Waals surface area contributed by atoms with Gasteiger partial charge < -0.3 is 10.2 Å². The van der Waals surface area contributed by atoms with Crippen molar-refractivity contribution in [1.29, 1.82) is 0 Å². The smallest absolute Gasteiger partial charge is 0.273 e. The summed E-state index contributed by atoms with van der Waals surface area (Å²) in [7, 11) is 0. The largest absolute Gasteiger partial charge is 0.504 e. The summed E-state index contributed by atoms with van der Waals surface area (Å²) in [6.45, 7) is -0.179. The second kappa shape index (κ2) is 5.83. The van der Waals surface area contributed by atoms with Gasteiger partial charge in [0.25, 0.3) is 5.69 Å². The molecule has 0 aliphatic heterocycles. The lowest BCUT2D eigenvalue weighted by atomic mass is 9.86. The molecule has 1 aliphatic rings. The Balaban J connectivity index is 2.50. The number of benzene rings is 1. The monoisotopic (exact) mass is 277 g/mol. The normalized spacial score (nSPS) is 16.6. The van der Waals surface area contributed by atoms with Crippen LogP contribution in [0.25, 0.3) is 0 Å². The summed E-state index contributed by atoms with van der Waals surface area (Å²) in [5, 5.41) is 30.1. The summed E-state index contributed by atoms with van der Waals surface area (Å²) >= 11 is 0. The highest BCUT2D eigenvalue weighted by molar-refractivity contribution is 5.96. The molecule has 6 heteroatoms. The maximum absolute atomic E-state index is 11.4. The third kappa shape index (κ3) is 2.55. The molecule has 0 bridgehead atoms. The molecule has 1 aliphatic carbocycles. The fourth-order valence-corrected chi connectivity index (χ4v) is 2.60. The van der Waals surface area contributed by atoms with Crippen LogP contribution in [0.3, 0.4) is 0 Å². The summed E-state index contributed by atoms with van der Waals surface area (Å²) in [6, 6.07) is 6.21. The number of carbonyl (C=O) groups excluding carboxylic acids is 1. The summed E-state index contributed by atoms with van der Waals surface area (Å²) in [4.78, 5) is 22.0. The van der Waals surface area contributed by atoms with Gasteiger partial charge >= 0.3 is 0 Å². The van der Waals surface area contributed by atoms with E-state index in [1.165, 1.54) is 6.07 Å². The summed E-state index contributed by atoms with van der Waals surface area (Å²) in [6.07, 6.45) is 0.822. The molecule has 0 heterocycles. The van der Waals surface area contributed by atoms with Gasteiger partial charge in [-0.3, -0.25) is 14.9 Å². The first-order valence-corrected chi connectivity index (χ1v) is 6.35. The van der Waals surface area contributed by atoms with Gasteiger partial charge in [0.1, 0.15) is 0 Å². The second-order valence-electron chi connectivity index (χ2n) is 4.68. The topological polar surface area (TPSA) is 101 Å². The summed E-state index contributed by atoms with van der Waals surface area (Å²) < 4.78 is 0. The van der Waals surface area contributed by atoms with Crippen molar-refractivity contribution in [2.24, 2.45) is 0 Å². The Kier molecular flexibility index (Phi) is 4.14.